The van der Waals surface area contributed by atoms with Gasteiger partial charge in [-0.1, -0.05) is 12.1 Å². The van der Waals surface area contributed by atoms with Gasteiger partial charge in [0.15, 0.2) is 6.10 Å². The second-order valence-electron chi connectivity index (χ2n) is 6.59. The number of nitrogens with zero attached hydrogens (tertiary/aromatic N) is 3. The van der Waals surface area contributed by atoms with Gasteiger partial charge in [0.05, 0.1) is 23.1 Å². The second kappa shape index (κ2) is 7.48. The summed E-state index contributed by atoms with van der Waals surface area (Å²) >= 11 is 0. The maximum Gasteiger partial charge on any atom is 0.256 e. The largest absolute Gasteiger partial charge is 0.356 e. The standard InChI is InChI=1S/C19H23FN4O3/c1-5-24-12(3)16(11(2)22-24)21-19(26)18-17(23(4)15(25)10-27-18)13-7-6-8-14(20)9-13/h6-9,17-18H,5,10H2,1-4H3,(H,21,26)/t17-,18+/m1/s1. The van der Waals surface area contributed by atoms with E-state index >= 15 is 0 Å². The number of amides is 2. The van der Waals surface area contributed by atoms with Gasteiger partial charge in [-0.2, -0.15) is 5.10 Å². The molecule has 27 heavy (non-hydrogen) atoms. The summed E-state index contributed by atoms with van der Waals surface area (Å²) in [7, 11) is 1.59. The van der Waals surface area contributed by atoms with Gasteiger partial charge in [-0.25, -0.2) is 4.39 Å². The van der Waals surface area contributed by atoms with Crippen LogP contribution in [0, 0.1) is 19.7 Å². The van der Waals surface area contributed by atoms with Crippen molar-refractivity contribution < 1.29 is 18.7 Å². The van der Waals surface area contributed by atoms with Gasteiger partial charge in [0.2, 0.25) is 5.91 Å². The molecule has 2 amide bonds. The van der Waals surface area contributed by atoms with E-state index in [4.69, 9.17) is 4.74 Å². The van der Waals surface area contributed by atoms with Crippen molar-refractivity contribution in [1.82, 2.24) is 14.7 Å². The molecule has 0 bridgehead atoms. The lowest BCUT2D eigenvalue weighted by atomic mass is 9.97. The summed E-state index contributed by atoms with van der Waals surface area (Å²) in [5.41, 5.74) is 2.67. The average Bonchev–Trinajstić information content (AvgIpc) is 2.91. The minimum Gasteiger partial charge on any atom is -0.356 e. The van der Waals surface area contributed by atoms with Gasteiger partial charge in [-0.05, 0) is 38.5 Å². The average molecular weight is 374 g/mol. The number of rotatable bonds is 4. The van der Waals surface area contributed by atoms with Crippen LogP contribution >= 0.6 is 0 Å². The fourth-order valence-corrected chi connectivity index (χ4v) is 3.40. The molecule has 1 aromatic heterocycles. The van der Waals surface area contributed by atoms with Gasteiger partial charge in [-0.15, -0.1) is 0 Å². The zero-order chi connectivity index (χ0) is 19.7. The maximum atomic E-state index is 13.7. The molecule has 0 saturated carbocycles. The van der Waals surface area contributed by atoms with Crippen LogP contribution in [0.25, 0.3) is 0 Å². The summed E-state index contributed by atoms with van der Waals surface area (Å²) in [6, 6.07) is 5.14. The summed E-state index contributed by atoms with van der Waals surface area (Å²) in [4.78, 5) is 26.5. The number of likely N-dealkylation sites (N-methyl/N-ethyl adjacent to an activating group) is 1. The van der Waals surface area contributed by atoms with Gasteiger partial charge in [0.1, 0.15) is 12.4 Å². The smallest absolute Gasteiger partial charge is 0.256 e. The highest BCUT2D eigenvalue weighted by molar-refractivity contribution is 5.97. The monoisotopic (exact) mass is 374 g/mol. The van der Waals surface area contributed by atoms with Gasteiger partial charge >= 0.3 is 0 Å². The Bertz CT molecular complexity index is 880. The van der Waals surface area contributed by atoms with E-state index in [0.29, 0.717) is 23.5 Å². The second-order valence-corrected chi connectivity index (χ2v) is 6.59. The van der Waals surface area contributed by atoms with Gasteiger partial charge in [-0.3, -0.25) is 14.3 Å². The molecule has 0 aliphatic carbocycles. The summed E-state index contributed by atoms with van der Waals surface area (Å²) < 4.78 is 21.1. The summed E-state index contributed by atoms with van der Waals surface area (Å²) in [5.74, 6) is -1.10. The molecular formula is C19H23FN4O3. The molecule has 1 aromatic carbocycles. The molecule has 3 rings (SSSR count). The summed E-state index contributed by atoms with van der Waals surface area (Å²) in [6.45, 7) is 6.14. The van der Waals surface area contributed by atoms with Crippen LogP contribution in [0.1, 0.15) is 29.9 Å². The van der Waals surface area contributed by atoms with E-state index in [1.54, 1.807) is 23.9 Å². The number of nitrogens with one attached hydrogen (secondary N) is 1. The number of carbonyl (C=O) groups excluding carboxylic acids is 2. The zero-order valence-electron chi connectivity index (χ0n) is 15.8. The first kappa shape index (κ1) is 19.0. The third-order valence-electron chi connectivity index (χ3n) is 4.86. The van der Waals surface area contributed by atoms with Crippen LogP contribution < -0.4 is 5.32 Å². The first-order chi connectivity index (χ1) is 12.8. The number of anilines is 1. The lowest BCUT2D eigenvalue weighted by Crippen LogP contribution is -2.51. The van der Waals surface area contributed by atoms with E-state index in [9.17, 15) is 14.0 Å². The highest BCUT2D eigenvalue weighted by Gasteiger charge is 2.40. The minimum atomic E-state index is -0.960. The van der Waals surface area contributed by atoms with Crippen molar-refractivity contribution in [2.75, 3.05) is 19.0 Å². The maximum absolute atomic E-state index is 13.7. The van der Waals surface area contributed by atoms with E-state index in [1.807, 2.05) is 20.8 Å². The number of hydrogen-bond acceptors (Lipinski definition) is 4. The van der Waals surface area contributed by atoms with Crippen molar-refractivity contribution in [1.29, 1.82) is 0 Å². The SMILES string of the molecule is CCn1nc(C)c(NC(=O)[C@H]2OCC(=O)N(C)[C@@H]2c2cccc(F)c2)c1C. The van der Waals surface area contributed by atoms with E-state index in [1.165, 1.54) is 17.0 Å². The van der Waals surface area contributed by atoms with Crippen LogP contribution in [-0.4, -0.2) is 46.3 Å². The number of halogens is 1. The molecule has 0 radical (unpaired) electrons. The van der Waals surface area contributed by atoms with Crippen molar-refractivity contribution in [3.63, 3.8) is 0 Å². The van der Waals surface area contributed by atoms with Crippen molar-refractivity contribution >= 4 is 17.5 Å². The number of aromatic nitrogens is 2. The third-order valence-corrected chi connectivity index (χ3v) is 4.86. The Kier molecular flexibility index (Phi) is 5.27. The number of aryl methyl sites for hydroxylation is 2. The van der Waals surface area contributed by atoms with Gasteiger partial charge in [0, 0.05) is 13.6 Å². The highest BCUT2D eigenvalue weighted by atomic mass is 19.1. The fourth-order valence-electron chi connectivity index (χ4n) is 3.40. The minimum absolute atomic E-state index is 0.202. The molecule has 144 valence electrons. The van der Waals surface area contributed by atoms with Crippen LogP contribution in [0.5, 0.6) is 0 Å². The molecule has 2 aromatic rings. The van der Waals surface area contributed by atoms with Gasteiger partial charge < -0.3 is 15.0 Å². The molecule has 2 atom stereocenters. The number of carbonyl (C=O) groups is 2. The van der Waals surface area contributed by atoms with Crippen LogP contribution in [0.4, 0.5) is 10.1 Å². The Balaban J connectivity index is 1.92. The molecule has 8 heteroatoms. The van der Waals surface area contributed by atoms with Gasteiger partial charge in [0.25, 0.3) is 5.91 Å². The first-order valence-electron chi connectivity index (χ1n) is 8.81. The third kappa shape index (κ3) is 3.57. The number of benzene rings is 1. The molecule has 1 aliphatic heterocycles. The molecular weight excluding hydrogens is 351 g/mol. The zero-order valence-corrected chi connectivity index (χ0v) is 15.8. The summed E-state index contributed by atoms with van der Waals surface area (Å²) in [6.07, 6.45) is -0.960. The van der Waals surface area contributed by atoms with E-state index in [0.717, 1.165) is 5.69 Å². The molecule has 0 unspecified atom stereocenters. The van der Waals surface area contributed by atoms with Crippen LogP contribution in [0.15, 0.2) is 24.3 Å². The van der Waals surface area contributed by atoms with E-state index < -0.39 is 23.9 Å². The lowest BCUT2D eigenvalue weighted by Gasteiger charge is -2.38. The highest BCUT2D eigenvalue weighted by Crippen LogP contribution is 2.31. The topological polar surface area (TPSA) is 76.5 Å². The van der Waals surface area contributed by atoms with E-state index in [-0.39, 0.29) is 12.5 Å². The Hall–Kier alpha value is -2.74. The van der Waals surface area contributed by atoms with Crippen molar-refractivity contribution in [2.24, 2.45) is 0 Å². The Morgan fingerprint density at radius 1 is 1.41 bits per heavy atom. The molecule has 1 fully saturated rings. The van der Waals surface area contributed by atoms with Crippen LogP contribution in [0.2, 0.25) is 0 Å². The molecule has 1 N–H and O–H groups in total. The first-order valence-corrected chi connectivity index (χ1v) is 8.81. The molecule has 1 saturated heterocycles. The number of ether oxygens (including phenoxy) is 1. The number of hydrogen-bond donors (Lipinski definition) is 1. The molecule has 7 nitrogen and oxygen atoms in total. The molecule has 0 spiro atoms. The van der Waals surface area contributed by atoms with Crippen LogP contribution in [-0.2, 0) is 20.9 Å². The van der Waals surface area contributed by atoms with E-state index in [2.05, 4.69) is 10.4 Å². The normalized spacial score (nSPS) is 20.0. The van der Waals surface area contributed by atoms with Crippen molar-refractivity contribution in [3.8, 4) is 0 Å². The molecule has 1 aliphatic rings. The van der Waals surface area contributed by atoms with Crippen molar-refractivity contribution in [2.45, 2.75) is 39.5 Å². The predicted molar refractivity (Wildman–Crippen MR) is 97.7 cm³/mol. The summed E-state index contributed by atoms with van der Waals surface area (Å²) in [5, 5.41) is 7.26. The Morgan fingerprint density at radius 2 is 2.15 bits per heavy atom. The Morgan fingerprint density at radius 3 is 2.78 bits per heavy atom. The van der Waals surface area contributed by atoms with Crippen molar-refractivity contribution in [3.05, 3.63) is 47.0 Å². The predicted octanol–water partition coefficient (Wildman–Crippen LogP) is 2.20. The number of morpholine rings is 1. The lowest BCUT2D eigenvalue weighted by molar-refractivity contribution is -0.160. The van der Waals surface area contributed by atoms with Crippen LogP contribution in [0.3, 0.4) is 0 Å². The molecule has 2 heterocycles. The fraction of sp³-hybridized carbons (Fsp3) is 0.421. The quantitative estimate of drug-likeness (QED) is 0.890. The Labute approximate surface area is 157 Å².